The molecule has 114 valence electrons. The van der Waals surface area contributed by atoms with Crippen molar-refractivity contribution >= 4 is 23.1 Å². The van der Waals surface area contributed by atoms with Gasteiger partial charge in [-0.05, 0) is 38.0 Å². The molecule has 0 radical (unpaired) electrons. The number of thiocarbonyl (C=S) groups is 1. The molecule has 0 bridgehead atoms. The van der Waals surface area contributed by atoms with Gasteiger partial charge in [-0.2, -0.15) is 0 Å². The molecule has 0 spiro atoms. The maximum atomic E-state index is 13.1. The number of carbonyl (C=O) groups excluding carboxylic acids is 1. The van der Waals surface area contributed by atoms with Crippen LogP contribution in [0.15, 0.2) is 0 Å². The smallest absolute Gasteiger partial charge is 0.228 e. The fourth-order valence-electron chi connectivity index (χ4n) is 4.07. The van der Waals surface area contributed by atoms with Crippen LogP contribution in [-0.4, -0.2) is 28.9 Å². The zero-order valence-electron chi connectivity index (χ0n) is 12.9. The molecule has 1 saturated carbocycles. The third-order valence-electron chi connectivity index (χ3n) is 4.92. The summed E-state index contributed by atoms with van der Waals surface area (Å²) in [4.78, 5) is 15.7. The molecule has 1 aliphatic heterocycles. The Morgan fingerprint density at radius 1 is 1.35 bits per heavy atom. The number of hydrogen-bond acceptors (Lipinski definition) is 2. The molecule has 4 heteroatoms. The van der Waals surface area contributed by atoms with E-state index in [1.807, 2.05) is 0 Å². The van der Waals surface area contributed by atoms with E-state index in [4.69, 9.17) is 18.0 Å². The lowest BCUT2D eigenvalue weighted by Crippen LogP contribution is -2.49. The highest BCUT2D eigenvalue weighted by Crippen LogP contribution is 2.45. The molecule has 2 rings (SSSR count). The number of likely N-dealkylation sites (tertiary alicyclic amines) is 1. The minimum Gasteiger partial charge on any atom is -0.393 e. The first-order chi connectivity index (χ1) is 9.44. The fraction of sp³-hybridized carbons (Fsp3) is 0.875. The van der Waals surface area contributed by atoms with E-state index in [1.54, 1.807) is 0 Å². The molecule has 0 aromatic rings. The molecule has 1 heterocycles. The van der Waals surface area contributed by atoms with Gasteiger partial charge in [0.05, 0.1) is 4.99 Å². The van der Waals surface area contributed by atoms with Crippen molar-refractivity contribution in [2.24, 2.45) is 23.0 Å². The molecule has 1 unspecified atom stereocenters. The maximum Gasteiger partial charge on any atom is 0.228 e. The Balaban J connectivity index is 2.09. The largest absolute Gasteiger partial charge is 0.393 e. The number of nitrogens with two attached hydrogens (primary N) is 1. The highest BCUT2D eigenvalue weighted by molar-refractivity contribution is 7.80. The number of rotatable bonds is 4. The predicted octanol–water partition coefficient (Wildman–Crippen LogP) is 3.12. The quantitative estimate of drug-likeness (QED) is 0.811. The van der Waals surface area contributed by atoms with Gasteiger partial charge in [0.25, 0.3) is 0 Å². The summed E-state index contributed by atoms with van der Waals surface area (Å²) in [6, 6.07) is 0. The van der Waals surface area contributed by atoms with Gasteiger partial charge in [-0.15, -0.1) is 0 Å². The number of piperidine rings is 1. The van der Waals surface area contributed by atoms with Crippen LogP contribution in [0, 0.1) is 17.3 Å². The van der Waals surface area contributed by atoms with E-state index in [9.17, 15) is 4.79 Å². The summed E-state index contributed by atoms with van der Waals surface area (Å²) in [7, 11) is 0. The Morgan fingerprint density at radius 2 is 2.00 bits per heavy atom. The summed E-state index contributed by atoms with van der Waals surface area (Å²) in [5.74, 6) is 1.18. The molecule has 2 aliphatic rings. The molecule has 3 nitrogen and oxygen atoms in total. The monoisotopic (exact) mass is 296 g/mol. The van der Waals surface area contributed by atoms with Crippen molar-refractivity contribution in [3.63, 3.8) is 0 Å². The second kappa shape index (κ2) is 6.42. The average molecular weight is 296 g/mol. The van der Waals surface area contributed by atoms with Crippen molar-refractivity contribution < 1.29 is 4.79 Å². The molecular weight excluding hydrogens is 268 g/mol. The van der Waals surface area contributed by atoms with Crippen molar-refractivity contribution in [1.82, 2.24) is 4.90 Å². The second-order valence-corrected chi connectivity index (χ2v) is 7.55. The van der Waals surface area contributed by atoms with Crippen LogP contribution in [-0.2, 0) is 4.79 Å². The Labute approximate surface area is 128 Å². The molecule has 1 amide bonds. The van der Waals surface area contributed by atoms with Crippen LogP contribution in [0.5, 0.6) is 0 Å². The van der Waals surface area contributed by atoms with Gasteiger partial charge in [-0.25, -0.2) is 0 Å². The Kier molecular flexibility index (Phi) is 5.05. The van der Waals surface area contributed by atoms with Crippen molar-refractivity contribution in [3.05, 3.63) is 0 Å². The van der Waals surface area contributed by atoms with Gasteiger partial charge in [0.2, 0.25) is 5.91 Å². The summed E-state index contributed by atoms with van der Waals surface area (Å²) in [6.45, 7) is 6.08. The number of hydrogen-bond donors (Lipinski definition) is 1. The van der Waals surface area contributed by atoms with Gasteiger partial charge in [0.1, 0.15) is 0 Å². The average Bonchev–Trinajstić information content (AvgIpc) is 2.86. The Hall–Kier alpha value is -0.640. The van der Waals surface area contributed by atoms with E-state index in [1.165, 1.54) is 12.8 Å². The van der Waals surface area contributed by atoms with Crippen LogP contribution in [0.25, 0.3) is 0 Å². The maximum absolute atomic E-state index is 13.1. The SMILES string of the molecule is CC(C)CC1(C(=O)N2CCCC(C(N)=S)C2)CCCC1. The van der Waals surface area contributed by atoms with Crippen LogP contribution in [0.2, 0.25) is 0 Å². The molecular formula is C16H28N2OS. The number of nitrogens with zero attached hydrogens (tertiary/aromatic N) is 1. The zero-order chi connectivity index (χ0) is 14.8. The number of carbonyl (C=O) groups is 1. The van der Waals surface area contributed by atoms with E-state index in [0.29, 0.717) is 16.8 Å². The summed E-state index contributed by atoms with van der Waals surface area (Å²) in [5, 5.41) is 0. The van der Waals surface area contributed by atoms with Gasteiger partial charge in [0.15, 0.2) is 0 Å². The highest BCUT2D eigenvalue weighted by atomic mass is 32.1. The van der Waals surface area contributed by atoms with Gasteiger partial charge in [-0.1, -0.05) is 38.9 Å². The fourth-order valence-corrected chi connectivity index (χ4v) is 4.26. The standard InChI is InChI=1S/C16H28N2OS/c1-12(2)10-16(7-3-4-8-16)15(19)18-9-5-6-13(11-18)14(17)20/h12-13H,3-11H2,1-2H3,(H2,17,20). The first kappa shape index (κ1) is 15.7. The minimum atomic E-state index is -0.0910. The third-order valence-corrected chi connectivity index (χ3v) is 5.26. The molecule has 2 fully saturated rings. The first-order valence-electron chi connectivity index (χ1n) is 8.03. The van der Waals surface area contributed by atoms with Crippen molar-refractivity contribution in [1.29, 1.82) is 0 Å². The van der Waals surface area contributed by atoms with Crippen LogP contribution in [0.3, 0.4) is 0 Å². The van der Waals surface area contributed by atoms with Gasteiger partial charge >= 0.3 is 0 Å². The third kappa shape index (κ3) is 3.33. The molecule has 0 aromatic carbocycles. The number of amides is 1. The van der Waals surface area contributed by atoms with E-state index in [0.717, 1.165) is 45.2 Å². The van der Waals surface area contributed by atoms with Crippen LogP contribution in [0.1, 0.15) is 58.8 Å². The van der Waals surface area contributed by atoms with E-state index >= 15 is 0 Å². The van der Waals surface area contributed by atoms with Crippen molar-refractivity contribution in [2.75, 3.05) is 13.1 Å². The van der Waals surface area contributed by atoms with E-state index < -0.39 is 0 Å². The van der Waals surface area contributed by atoms with Crippen LogP contribution >= 0.6 is 12.2 Å². The predicted molar refractivity (Wildman–Crippen MR) is 86.4 cm³/mol. The minimum absolute atomic E-state index is 0.0910. The lowest BCUT2D eigenvalue weighted by molar-refractivity contribution is -0.144. The molecule has 20 heavy (non-hydrogen) atoms. The topological polar surface area (TPSA) is 46.3 Å². The Bertz CT molecular complexity index is 375. The zero-order valence-corrected chi connectivity index (χ0v) is 13.7. The molecule has 1 aliphatic carbocycles. The van der Waals surface area contributed by atoms with Crippen molar-refractivity contribution in [2.45, 2.75) is 58.8 Å². The molecule has 1 saturated heterocycles. The normalized spacial score (nSPS) is 25.9. The first-order valence-corrected chi connectivity index (χ1v) is 8.44. The summed E-state index contributed by atoms with van der Waals surface area (Å²) >= 11 is 5.13. The van der Waals surface area contributed by atoms with E-state index in [2.05, 4.69) is 18.7 Å². The highest BCUT2D eigenvalue weighted by Gasteiger charge is 2.44. The second-order valence-electron chi connectivity index (χ2n) is 7.08. The molecule has 0 aromatic heterocycles. The summed E-state index contributed by atoms with van der Waals surface area (Å²) in [5.41, 5.74) is 5.70. The van der Waals surface area contributed by atoms with Gasteiger partial charge < -0.3 is 10.6 Å². The Morgan fingerprint density at radius 3 is 2.55 bits per heavy atom. The van der Waals surface area contributed by atoms with Gasteiger partial charge in [-0.3, -0.25) is 4.79 Å². The lowest BCUT2D eigenvalue weighted by Gasteiger charge is -2.39. The summed E-state index contributed by atoms with van der Waals surface area (Å²) < 4.78 is 0. The lowest BCUT2D eigenvalue weighted by atomic mass is 9.76. The van der Waals surface area contributed by atoms with Crippen molar-refractivity contribution in [3.8, 4) is 0 Å². The molecule has 2 N–H and O–H groups in total. The summed E-state index contributed by atoms with van der Waals surface area (Å²) in [6.07, 6.45) is 7.63. The van der Waals surface area contributed by atoms with Gasteiger partial charge in [0, 0.05) is 24.4 Å². The van der Waals surface area contributed by atoms with E-state index in [-0.39, 0.29) is 11.3 Å². The molecule has 1 atom stereocenters. The van der Waals surface area contributed by atoms with Crippen LogP contribution in [0.4, 0.5) is 0 Å². The van der Waals surface area contributed by atoms with Crippen LogP contribution < -0.4 is 5.73 Å².